The fourth-order valence-corrected chi connectivity index (χ4v) is 2.64. The first-order valence-electron chi connectivity index (χ1n) is 6.88. The first-order chi connectivity index (χ1) is 10.3. The van der Waals surface area contributed by atoms with E-state index in [0.29, 0.717) is 4.47 Å². The minimum atomic E-state index is -4.77. The summed E-state index contributed by atoms with van der Waals surface area (Å²) >= 11 is 3.10. The lowest BCUT2D eigenvalue weighted by molar-refractivity contribution is -0.274. The number of alkyl halides is 3. The molecule has 0 spiro atoms. The Bertz CT molecular complexity index is 531. The molecular formula is C14H16BrF3N2O2. The number of hydrogen-bond acceptors (Lipinski definition) is 3. The highest BCUT2D eigenvalue weighted by Gasteiger charge is 2.32. The maximum Gasteiger partial charge on any atom is 0.573 e. The van der Waals surface area contributed by atoms with Crippen molar-refractivity contribution in [2.24, 2.45) is 5.92 Å². The average Bonchev–Trinajstić information content (AvgIpc) is 2.45. The van der Waals surface area contributed by atoms with Gasteiger partial charge in [-0.2, -0.15) is 0 Å². The van der Waals surface area contributed by atoms with Crippen LogP contribution in [0.15, 0.2) is 22.7 Å². The second-order valence-corrected chi connectivity index (χ2v) is 5.96. The second-order valence-electron chi connectivity index (χ2n) is 5.04. The van der Waals surface area contributed by atoms with Crippen LogP contribution >= 0.6 is 15.9 Å². The zero-order valence-electron chi connectivity index (χ0n) is 11.7. The SMILES string of the molecule is O=C(NCc1ccc(Br)cc1OC(F)(F)F)C1CCNCC1. The Morgan fingerprint density at radius 2 is 2.05 bits per heavy atom. The number of amides is 1. The lowest BCUT2D eigenvalue weighted by Gasteiger charge is -2.22. The molecule has 1 fully saturated rings. The van der Waals surface area contributed by atoms with Crippen LogP contribution in [0, 0.1) is 5.92 Å². The van der Waals surface area contributed by atoms with Crippen molar-refractivity contribution in [2.45, 2.75) is 25.7 Å². The van der Waals surface area contributed by atoms with Gasteiger partial charge >= 0.3 is 6.36 Å². The highest BCUT2D eigenvalue weighted by Crippen LogP contribution is 2.29. The van der Waals surface area contributed by atoms with Gasteiger partial charge in [0.2, 0.25) is 5.91 Å². The van der Waals surface area contributed by atoms with Crippen molar-refractivity contribution in [2.75, 3.05) is 13.1 Å². The lowest BCUT2D eigenvalue weighted by atomic mass is 9.97. The number of carbonyl (C=O) groups excluding carboxylic acids is 1. The van der Waals surface area contributed by atoms with Gasteiger partial charge in [0.25, 0.3) is 0 Å². The molecule has 22 heavy (non-hydrogen) atoms. The van der Waals surface area contributed by atoms with E-state index in [1.165, 1.54) is 12.1 Å². The summed E-state index contributed by atoms with van der Waals surface area (Å²) in [6, 6.07) is 4.34. The molecule has 1 aromatic rings. The molecule has 2 N–H and O–H groups in total. The van der Waals surface area contributed by atoms with Gasteiger partial charge in [0.1, 0.15) is 5.75 Å². The van der Waals surface area contributed by atoms with Crippen molar-refractivity contribution in [3.05, 3.63) is 28.2 Å². The third kappa shape index (κ3) is 5.17. The van der Waals surface area contributed by atoms with Gasteiger partial charge in [0.15, 0.2) is 0 Å². The standard InChI is InChI=1S/C14H16BrF3N2O2/c15-11-2-1-10(12(7-11)22-14(16,17)18)8-20-13(21)9-3-5-19-6-4-9/h1-2,7,9,19H,3-6,8H2,(H,20,21). The van der Waals surface area contributed by atoms with E-state index >= 15 is 0 Å². The maximum atomic E-state index is 12.4. The number of hydrogen-bond donors (Lipinski definition) is 2. The monoisotopic (exact) mass is 380 g/mol. The predicted molar refractivity (Wildman–Crippen MR) is 78.3 cm³/mol. The zero-order chi connectivity index (χ0) is 16.2. The molecule has 4 nitrogen and oxygen atoms in total. The van der Waals surface area contributed by atoms with E-state index in [-0.39, 0.29) is 29.7 Å². The smallest absolute Gasteiger partial charge is 0.405 e. The largest absolute Gasteiger partial charge is 0.573 e. The van der Waals surface area contributed by atoms with E-state index in [2.05, 4.69) is 31.3 Å². The molecule has 1 saturated heterocycles. The number of piperidine rings is 1. The summed E-state index contributed by atoms with van der Waals surface area (Å²) < 4.78 is 41.7. The summed E-state index contributed by atoms with van der Waals surface area (Å²) in [6.45, 7) is 1.55. The van der Waals surface area contributed by atoms with E-state index in [1.807, 2.05) is 0 Å². The minimum Gasteiger partial charge on any atom is -0.405 e. The van der Waals surface area contributed by atoms with E-state index < -0.39 is 6.36 Å². The number of benzene rings is 1. The van der Waals surface area contributed by atoms with Crippen LogP contribution in [0.2, 0.25) is 0 Å². The van der Waals surface area contributed by atoms with Crippen molar-refractivity contribution >= 4 is 21.8 Å². The molecule has 0 aromatic heterocycles. The summed E-state index contributed by atoms with van der Waals surface area (Å²) in [5.41, 5.74) is 0.280. The van der Waals surface area contributed by atoms with Crippen molar-refractivity contribution in [1.82, 2.24) is 10.6 Å². The number of nitrogens with one attached hydrogen (secondary N) is 2. The Kier molecular flexibility index (Phi) is 5.69. The first kappa shape index (κ1) is 17.1. The van der Waals surface area contributed by atoms with Gasteiger partial charge in [-0.1, -0.05) is 22.0 Å². The molecule has 2 rings (SSSR count). The highest BCUT2D eigenvalue weighted by atomic mass is 79.9. The lowest BCUT2D eigenvalue weighted by Crippen LogP contribution is -2.38. The minimum absolute atomic E-state index is 0.00144. The van der Waals surface area contributed by atoms with Crippen LogP contribution < -0.4 is 15.4 Å². The topological polar surface area (TPSA) is 50.4 Å². The molecule has 0 saturated carbocycles. The van der Waals surface area contributed by atoms with Gasteiger partial charge in [-0.3, -0.25) is 4.79 Å². The fourth-order valence-electron chi connectivity index (χ4n) is 2.30. The molecule has 1 aliphatic heterocycles. The van der Waals surface area contributed by atoms with Crippen molar-refractivity contribution < 1.29 is 22.7 Å². The Balaban J connectivity index is 2.01. The third-order valence-electron chi connectivity index (χ3n) is 3.42. The van der Waals surface area contributed by atoms with Gasteiger partial charge in [-0.05, 0) is 38.1 Å². The quantitative estimate of drug-likeness (QED) is 0.844. The number of rotatable bonds is 4. The number of ether oxygens (including phenoxy) is 1. The van der Waals surface area contributed by atoms with Crippen molar-refractivity contribution in [3.8, 4) is 5.75 Å². The molecule has 0 atom stereocenters. The van der Waals surface area contributed by atoms with E-state index in [0.717, 1.165) is 25.9 Å². The number of carbonyl (C=O) groups is 1. The molecule has 1 amide bonds. The van der Waals surface area contributed by atoms with Crippen LogP contribution in [0.5, 0.6) is 5.75 Å². The summed E-state index contributed by atoms with van der Waals surface area (Å²) in [4.78, 5) is 12.0. The molecule has 0 bridgehead atoms. The Labute approximate surface area is 134 Å². The summed E-state index contributed by atoms with van der Waals surface area (Å²) in [7, 11) is 0. The van der Waals surface area contributed by atoms with Gasteiger partial charge < -0.3 is 15.4 Å². The number of halogens is 4. The first-order valence-corrected chi connectivity index (χ1v) is 7.67. The van der Waals surface area contributed by atoms with Crippen LogP contribution in [-0.4, -0.2) is 25.4 Å². The third-order valence-corrected chi connectivity index (χ3v) is 3.91. The van der Waals surface area contributed by atoms with Crippen LogP contribution in [0.3, 0.4) is 0 Å². The Hall–Kier alpha value is -1.28. The molecule has 0 aliphatic carbocycles. The van der Waals surface area contributed by atoms with E-state index in [9.17, 15) is 18.0 Å². The summed E-state index contributed by atoms with van der Waals surface area (Å²) in [6.07, 6.45) is -3.30. The van der Waals surface area contributed by atoms with E-state index in [1.54, 1.807) is 6.07 Å². The molecule has 8 heteroatoms. The average molecular weight is 381 g/mol. The van der Waals surface area contributed by atoms with Gasteiger partial charge in [0.05, 0.1) is 0 Å². The normalized spacial score (nSPS) is 16.4. The summed E-state index contributed by atoms with van der Waals surface area (Å²) in [5.74, 6) is -0.543. The maximum absolute atomic E-state index is 12.4. The molecule has 1 aromatic carbocycles. The Morgan fingerprint density at radius 1 is 1.36 bits per heavy atom. The van der Waals surface area contributed by atoms with Crippen LogP contribution in [0.1, 0.15) is 18.4 Å². The van der Waals surface area contributed by atoms with Crippen LogP contribution in [0.25, 0.3) is 0 Å². The van der Waals surface area contributed by atoms with Crippen LogP contribution in [0.4, 0.5) is 13.2 Å². The van der Waals surface area contributed by atoms with Crippen molar-refractivity contribution in [3.63, 3.8) is 0 Å². The molecular weight excluding hydrogens is 365 g/mol. The molecule has 1 heterocycles. The second kappa shape index (κ2) is 7.32. The molecule has 0 unspecified atom stereocenters. The van der Waals surface area contributed by atoms with Gasteiger partial charge in [-0.15, -0.1) is 13.2 Å². The van der Waals surface area contributed by atoms with Crippen LogP contribution in [-0.2, 0) is 11.3 Å². The predicted octanol–water partition coefficient (Wildman–Crippen LogP) is 2.96. The van der Waals surface area contributed by atoms with E-state index in [4.69, 9.17) is 0 Å². The van der Waals surface area contributed by atoms with Crippen molar-refractivity contribution in [1.29, 1.82) is 0 Å². The molecule has 0 radical (unpaired) electrons. The van der Waals surface area contributed by atoms with Gasteiger partial charge in [-0.25, -0.2) is 0 Å². The molecule has 122 valence electrons. The van der Waals surface area contributed by atoms with Gasteiger partial charge in [0, 0.05) is 22.5 Å². The zero-order valence-corrected chi connectivity index (χ0v) is 13.3. The molecule has 1 aliphatic rings. The Morgan fingerprint density at radius 3 is 2.68 bits per heavy atom. The fraction of sp³-hybridized carbons (Fsp3) is 0.500. The highest BCUT2D eigenvalue weighted by molar-refractivity contribution is 9.10. The summed E-state index contributed by atoms with van der Waals surface area (Å²) in [5, 5.41) is 5.84.